The van der Waals surface area contributed by atoms with Crippen LogP contribution in [-0.4, -0.2) is 37.4 Å². The fourth-order valence-corrected chi connectivity index (χ4v) is 2.25. The zero-order chi connectivity index (χ0) is 20.3. The molecule has 11 heteroatoms. The van der Waals surface area contributed by atoms with E-state index < -0.39 is 34.9 Å². The van der Waals surface area contributed by atoms with E-state index in [2.05, 4.69) is 25.7 Å². The molecule has 142 valence electrons. The van der Waals surface area contributed by atoms with Gasteiger partial charge in [0.25, 0.3) is 5.91 Å². The summed E-state index contributed by atoms with van der Waals surface area (Å²) in [5.41, 5.74) is -1.30. The number of nitrogens with zero attached hydrogens (tertiary/aromatic N) is 4. The van der Waals surface area contributed by atoms with Gasteiger partial charge in [-0.3, -0.25) is 4.79 Å². The van der Waals surface area contributed by atoms with Crippen molar-refractivity contribution in [2.45, 2.75) is 6.18 Å². The van der Waals surface area contributed by atoms with Crippen LogP contribution in [0.1, 0.15) is 26.4 Å². The van der Waals surface area contributed by atoms with E-state index in [9.17, 15) is 22.8 Å². The van der Waals surface area contributed by atoms with Crippen LogP contribution in [0.25, 0.3) is 11.3 Å². The van der Waals surface area contributed by atoms with Gasteiger partial charge in [-0.1, -0.05) is 0 Å². The largest absolute Gasteiger partial charge is 0.478 e. The number of amides is 1. The van der Waals surface area contributed by atoms with Gasteiger partial charge < -0.3 is 10.4 Å². The molecule has 1 amide bonds. The van der Waals surface area contributed by atoms with Crippen LogP contribution >= 0.6 is 0 Å². The molecule has 0 unspecified atom stereocenters. The van der Waals surface area contributed by atoms with E-state index in [1.165, 1.54) is 24.5 Å². The molecule has 2 N–H and O–H groups in total. The van der Waals surface area contributed by atoms with Gasteiger partial charge in [0.05, 0.1) is 34.9 Å². The van der Waals surface area contributed by atoms with Gasteiger partial charge in [-0.2, -0.15) is 23.4 Å². The van der Waals surface area contributed by atoms with E-state index in [-0.39, 0.29) is 5.69 Å². The first-order valence-corrected chi connectivity index (χ1v) is 7.62. The highest BCUT2D eigenvalue weighted by Crippen LogP contribution is 2.32. The summed E-state index contributed by atoms with van der Waals surface area (Å²) >= 11 is 0. The summed E-state index contributed by atoms with van der Waals surface area (Å²) in [7, 11) is 0. The molecule has 1 aromatic carbocycles. The Morgan fingerprint density at radius 2 is 1.79 bits per heavy atom. The number of carboxylic acids is 1. The smallest absolute Gasteiger partial charge is 0.416 e. The number of aromatic carboxylic acids is 1. The van der Waals surface area contributed by atoms with E-state index in [4.69, 9.17) is 5.11 Å². The molecule has 2 heterocycles. The Balaban J connectivity index is 1.87. The number of carboxylic acid groups (broad SMARTS) is 1. The van der Waals surface area contributed by atoms with Gasteiger partial charge in [0.15, 0.2) is 5.69 Å². The third kappa shape index (κ3) is 4.09. The SMILES string of the molecule is O=C(Nc1cc(C(F)(F)F)ccc1C(=O)O)c1ccc(-c2ccnnc2)nn1. The van der Waals surface area contributed by atoms with Crippen LogP contribution in [-0.2, 0) is 6.18 Å². The van der Waals surface area contributed by atoms with Gasteiger partial charge in [-0.05, 0) is 36.4 Å². The average Bonchev–Trinajstić information content (AvgIpc) is 2.68. The number of benzene rings is 1. The van der Waals surface area contributed by atoms with Gasteiger partial charge in [-0.15, -0.1) is 10.2 Å². The summed E-state index contributed by atoms with van der Waals surface area (Å²) in [6, 6.07) is 6.32. The molecule has 0 fully saturated rings. The number of hydrogen-bond acceptors (Lipinski definition) is 6. The van der Waals surface area contributed by atoms with Crippen molar-refractivity contribution in [2.24, 2.45) is 0 Å². The molecule has 0 saturated heterocycles. The fourth-order valence-electron chi connectivity index (χ4n) is 2.25. The standard InChI is InChI=1S/C17H10F3N5O3/c18-17(19,20)10-1-2-11(16(27)28)14(7-10)23-15(26)13-4-3-12(24-25-13)9-5-6-21-22-8-9/h1-8H,(H,23,26)(H,27,28). The van der Waals surface area contributed by atoms with Crippen LogP contribution in [0.4, 0.5) is 18.9 Å². The first-order valence-electron chi connectivity index (χ1n) is 7.62. The zero-order valence-electron chi connectivity index (χ0n) is 13.8. The molecule has 3 aromatic rings. The van der Waals surface area contributed by atoms with Crippen molar-refractivity contribution in [3.8, 4) is 11.3 Å². The van der Waals surface area contributed by atoms with Crippen molar-refractivity contribution in [3.05, 3.63) is 65.6 Å². The third-order valence-electron chi connectivity index (χ3n) is 3.60. The highest BCUT2D eigenvalue weighted by atomic mass is 19.4. The van der Waals surface area contributed by atoms with Crippen molar-refractivity contribution < 1.29 is 27.9 Å². The maximum atomic E-state index is 12.9. The number of nitrogens with one attached hydrogen (secondary N) is 1. The molecule has 0 spiro atoms. The normalized spacial score (nSPS) is 11.1. The maximum Gasteiger partial charge on any atom is 0.416 e. The van der Waals surface area contributed by atoms with E-state index in [1.807, 2.05) is 0 Å². The second kappa shape index (κ2) is 7.39. The molecule has 0 bridgehead atoms. The number of rotatable bonds is 4. The molecule has 28 heavy (non-hydrogen) atoms. The topological polar surface area (TPSA) is 118 Å². The van der Waals surface area contributed by atoms with Gasteiger partial charge in [0.2, 0.25) is 0 Å². The third-order valence-corrected chi connectivity index (χ3v) is 3.60. The van der Waals surface area contributed by atoms with Crippen molar-refractivity contribution in [1.82, 2.24) is 20.4 Å². The van der Waals surface area contributed by atoms with Gasteiger partial charge >= 0.3 is 12.1 Å². The van der Waals surface area contributed by atoms with Gasteiger partial charge in [0.1, 0.15) is 0 Å². The van der Waals surface area contributed by atoms with Crippen LogP contribution in [0.2, 0.25) is 0 Å². The van der Waals surface area contributed by atoms with Crippen LogP contribution in [0.3, 0.4) is 0 Å². The van der Waals surface area contributed by atoms with Crippen molar-refractivity contribution in [1.29, 1.82) is 0 Å². The van der Waals surface area contributed by atoms with Crippen LogP contribution in [0, 0.1) is 0 Å². The predicted octanol–water partition coefficient (Wildman–Crippen LogP) is 2.90. The Bertz CT molecular complexity index is 1020. The summed E-state index contributed by atoms with van der Waals surface area (Å²) in [6.07, 6.45) is -1.82. The van der Waals surface area contributed by atoms with Crippen LogP contribution < -0.4 is 5.32 Å². The summed E-state index contributed by atoms with van der Waals surface area (Å²) in [4.78, 5) is 23.5. The number of carbonyl (C=O) groups is 2. The second-order valence-electron chi connectivity index (χ2n) is 5.45. The Labute approximate surface area is 155 Å². The first kappa shape index (κ1) is 18.9. The molecular weight excluding hydrogens is 379 g/mol. The summed E-state index contributed by atoms with van der Waals surface area (Å²) in [5, 5.41) is 26.1. The van der Waals surface area contributed by atoms with Crippen molar-refractivity contribution >= 4 is 17.6 Å². The molecule has 0 saturated carbocycles. The summed E-state index contributed by atoms with van der Waals surface area (Å²) in [6.45, 7) is 0. The van der Waals surface area contributed by atoms with E-state index in [1.54, 1.807) is 6.07 Å². The van der Waals surface area contributed by atoms with Crippen LogP contribution in [0.5, 0.6) is 0 Å². The van der Waals surface area contributed by atoms with Crippen molar-refractivity contribution in [3.63, 3.8) is 0 Å². The lowest BCUT2D eigenvalue weighted by molar-refractivity contribution is -0.137. The Hall–Kier alpha value is -3.89. The van der Waals surface area contributed by atoms with E-state index in [0.717, 1.165) is 6.07 Å². The molecule has 3 rings (SSSR count). The van der Waals surface area contributed by atoms with E-state index >= 15 is 0 Å². The van der Waals surface area contributed by atoms with Gasteiger partial charge in [0, 0.05) is 5.56 Å². The highest BCUT2D eigenvalue weighted by Gasteiger charge is 2.32. The lowest BCUT2D eigenvalue weighted by Gasteiger charge is -2.12. The van der Waals surface area contributed by atoms with Crippen LogP contribution in [0.15, 0.2) is 48.8 Å². The highest BCUT2D eigenvalue weighted by molar-refractivity contribution is 6.06. The van der Waals surface area contributed by atoms with E-state index in [0.29, 0.717) is 23.4 Å². The second-order valence-corrected chi connectivity index (χ2v) is 5.45. The van der Waals surface area contributed by atoms with Crippen molar-refractivity contribution in [2.75, 3.05) is 5.32 Å². The predicted molar refractivity (Wildman–Crippen MR) is 89.4 cm³/mol. The molecular formula is C17H10F3N5O3. The molecule has 0 aliphatic heterocycles. The first-order chi connectivity index (χ1) is 13.3. The number of carbonyl (C=O) groups excluding carboxylic acids is 1. The van der Waals surface area contributed by atoms with Gasteiger partial charge in [-0.25, -0.2) is 4.79 Å². The average molecular weight is 389 g/mol. The lowest BCUT2D eigenvalue weighted by Crippen LogP contribution is -2.18. The Kier molecular flexibility index (Phi) is 4.98. The minimum atomic E-state index is -4.70. The summed E-state index contributed by atoms with van der Waals surface area (Å²) in [5.74, 6) is -2.40. The number of anilines is 1. The molecule has 0 aliphatic carbocycles. The Morgan fingerprint density at radius 1 is 1.00 bits per heavy atom. The number of halogens is 3. The summed E-state index contributed by atoms with van der Waals surface area (Å²) < 4.78 is 38.6. The molecule has 0 radical (unpaired) electrons. The zero-order valence-corrected chi connectivity index (χ0v) is 13.8. The molecule has 0 atom stereocenters. The molecule has 0 aliphatic rings. The Morgan fingerprint density at radius 3 is 2.36 bits per heavy atom. The molecule has 2 aromatic heterocycles. The maximum absolute atomic E-state index is 12.9. The quantitative estimate of drug-likeness (QED) is 0.704. The number of alkyl halides is 3. The monoisotopic (exact) mass is 389 g/mol. The number of hydrogen-bond donors (Lipinski definition) is 2. The minimum absolute atomic E-state index is 0.209. The molecule has 8 nitrogen and oxygen atoms in total. The fraction of sp³-hybridized carbons (Fsp3) is 0.0588. The minimum Gasteiger partial charge on any atom is -0.478 e. The number of aromatic nitrogens is 4. The lowest BCUT2D eigenvalue weighted by atomic mass is 10.1.